The molecule has 6 nitrogen and oxygen atoms in total. The first-order chi connectivity index (χ1) is 11.2. The van der Waals surface area contributed by atoms with Crippen molar-refractivity contribution in [1.29, 1.82) is 0 Å². The molecule has 6 heteroatoms. The van der Waals surface area contributed by atoms with Crippen LogP contribution in [0.4, 0.5) is 0 Å². The molecule has 0 saturated heterocycles. The molecule has 3 aromatic rings. The molecule has 0 bridgehead atoms. The molecule has 0 spiro atoms. The normalized spacial score (nSPS) is 12.4. The molecule has 0 amide bonds. The number of hydrogen-bond acceptors (Lipinski definition) is 5. The lowest BCUT2D eigenvalue weighted by atomic mass is 10.2. The molecule has 0 aliphatic rings. The standard InChI is InChI=1S/C17H17N3O3/c21-14(11-23-10-13-5-2-1-3-6-13)9-20-12-19-16-15(17(20)22)7-4-8-18-16/h1-8,12,14,21H,9-11H2. The molecular weight excluding hydrogens is 294 g/mol. The lowest BCUT2D eigenvalue weighted by molar-refractivity contribution is 0.0198. The third-order valence-electron chi connectivity index (χ3n) is 3.43. The predicted molar refractivity (Wildman–Crippen MR) is 85.9 cm³/mol. The van der Waals surface area contributed by atoms with Crippen LogP contribution in [-0.4, -0.2) is 32.4 Å². The minimum absolute atomic E-state index is 0.130. The summed E-state index contributed by atoms with van der Waals surface area (Å²) in [6.07, 6.45) is 2.20. The second-order valence-corrected chi connectivity index (χ2v) is 5.23. The van der Waals surface area contributed by atoms with Gasteiger partial charge in [0, 0.05) is 6.20 Å². The Kier molecular flexibility index (Phi) is 4.75. The van der Waals surface area contributed by atoms with Gasteiger partial charge in [0.15, 0.2) is 5.65 Å². The number of fused-ring (bicyclic) bond motifs is 1. The summed E-state index contributed by atoms with van der Waals surface area (Å²) >= 11 is 0. The van der Waals surface area contributed by atoms with Crippen LogP contribution >= 0.6 is 0 Å². The average Bonchev–Trinajstić information content (AvgIpc) is 2.59. The van der Waals surface area contributed by atoms with Crippen LogP contribution in [-0.2, 0) is 17.9 Å². The van der Waals surface area contributed by atoms with E-state index in [2.05, 4.69) is 9.97 Å². The third kappa shape index (κ3) is 3.80. The van der Waals surface area contributed by atoms with Crippen LogP contribution in [0.3, 0.4) is 0 Å². The Morgan fingerprint density at radius 1 is 1.13 bits per heavy atom. The van der Waals surface area contributed by atoms with E-state index in [9.17, 15) is 9.90 Å². The van der Waals surface area contributed by atoms with Crippen molar-refractivity contribution in [3.8, 4) is 0 Å². The Hall–Kier alpha value is -2.57. The van der Waals surface area contributed by atoms with E-state index in [0.717, 1.165) is 5.56 Å². The fourth-order valence-electron chi connectivity index (χ4n) is 2.30. The van der Waals surface area contributed by atoms with Gasteiger partial charge in [0.1, 0.15) is 6.33 Å². The van der Waals surface area contributed by atoms with Crippen LogP contribution in [0, 0.1) is 0 Å². The third-order valence-corrected chi connectivity index (χ3v) is 3.43. The van der Waals surface area contributed by atoms with Crippen LogP contribution in [0.5, 0.6) is 0 Å². The van der Waals surface area contributed by atoms with Crippen molar-refractivity contribution in [2.75, 3.05) is 6.61 Å². The molecular formula is C17H17N3O3. The van der Waals surface area contributed by atoms with E-state index in [1.807, 2.05) is 30.3 Å². The fraction of sp³-hybridized carbons (Fsp3) is 0.235. The van der Waals surface area contributed by atoms with Gasteiger partial charge in [0.05, 0.1) is 31.2 Å². The maximum absolute atomic E-state index is 12.3. The highest BCUT2D eigenvalue weighted by atomic mass is 16.5. The minimum atomic E-state index is -0.785. The SMILES string of the molecule is O=c1c2cccnc2ncn1CC(O)COCc1ccccc1. The highest BCUT2D eigenvalue weighted by molar-refractivity contribution is 5.72. The highest BCUT2D eigenvalue weighted by Gasteiger charge is 2.10. The van der Waals surface area contributed by atoms with Crippen molar-refractivity contribution in [2.45, 2.75) is 19.3 Å². The minimum Gasteiger partial charge on any atom is -0.389 e. The first-order valence-electron chi connectivity index (χ1n) is 7.34. The predicted octanol–water partition coefficient (Wildman–Crippen LogP) is 1.37. The number of ether oxygens (including phenoxy) is 1. The van der Waals surface area contributed by atoms with Gasteiger partial charge in [-0.25, -0.2) is 9.97 Å². The lowest BCUT2D eigenvalue weighted by Crippen LogP contribution is -2.29. The van der Waals surface area contributed by atoms with E-state index < -0.39 is 6.10 Å². The quantitative estimate of drug-likeness (QED) is 0.744. The monoisotopic (exact) mass is 311 g/mol. The first-order valence-corrected chi connectivity index (χ1v) is 7.34. The topological polar surface area (TPSA) is 77.2 Å². The van der Waals surface area contributed by atoms with Gasteiger partial charge in [-0.2, -0.15) is 0 Å². The summed E-state index contributed by atoms with van der Waals surface area (Å²) in [6.45, 7) is 0.699. The average molecular weight is 311 g/mol. The molecule has 0 aliphatic carbocycles. The van der Waals surface area contributed by atoms with Crippen LogP contribution in [0.2, 0.25) is 0 Å². The Morgan fingerprint density at radius 2 is 1.96 bits per heavy atom. The zero-order valence-electron chi connectivity index (χ0n) is 12.5. The Labute approximate surface area is 133 Å². The van der Waals surface area contributed by atoms with Crippen molar-refractivity contribution in [2.24, 2.45) is 0 Å². The molecule has 1 aromatic carbocycles. The number of nitrogens with zero attached hydrogens (tertiary/aromatic N) is 3. The largest absolute Gasteiger partial charge is 0.389 e. The zero-order chi connectivity index (χ0) is 16.1. The van der Waals surface area contributed by atoms with Crippen LogP contribution in [0.25, 0.3) is 11.0 Å². The van der Waals surface area contributed by atoms with E-state index in [4.69, 9.17) is 4.74 Å². The number of rotatable bonds is 6. The summed E-state index contributed by atoms with van der Waals surface area (Å²) in [4.78, 5) is 20.4. The molecule has 118 valence electrons. The van der Waals surface area contributed by atoms with Crippen molar-refractivity contribution in [1.82, 2.24) is 14.5 Å². The summed E-state index contributed by atoms with van der Waals surface area (Å²) in [5, 5.41) is 10.5. The molecule has 1 atom stereocenters. The molecule has 0 radical (unpaired) electrons. The van der Waals surface area contributed by atoms with Crippen LogP contribution < -0.4 is 5.56 Å². The summed E-state index contributed by atoms with van der Waals surface area (Å²) in [6, 6.07) is 13.1. The van der Waals surface area contributed by atoms with E-state index >= 15 is 0 Å². The number of aromatic nitrogens is 3. The number of pyridine rings is 1. The zero-order valence-corrected chi connectivity index (χ0v) is 12.5. The smallest absolute Gasteiger partial charge is 0.262 e. The summed E-state index contributed by atoms with van der Waals surface area (Å²) in [5.74, 6) is 0. The van der Waals surface area contributed by atoms with Crippen LogP contribution in [0.1, 0.15) is 5.56 Å². The fourth-order valence-corrected chi connectivity index (χ4v) is 2.30. The van der Waals surface area contributed by atoms with Gasteiger partial charge in [-0.05, 0) is 17.7 Å². The maximum atomic E-state index is 12.3. The summed E-state index contributed by atoms with van der Waals surface area (Å²) < 4.78 is 6.86. The maximum Gasteiger partial charge on any atom is 0.262 e. The summed E-state index contributed by atoms with van der Waals surface area (Å²) in [5.41, 5.74) is 1.23. The van der Waals surface area contributed by atoms with Crippen LogP contribution in [0.15, 0.2) is 59.8 Å². The van der Waals surface area contributed by atoms with Crippen molar-refractivity contribution >= 4 is 11.0 Å². The number of aliphatic hydroxyl groups excluding tert-OH is 1. The molecule has 0 fully saturated rings. The second-order valence-electron chi connectivity index (χ2n) is 5.23. The molecule has 0 aliphatic heterocycles. The van der Waals surface area contributed by atoms with Gasteiger partial charge in [-0.1, -0.05) is 30.3 Å². The molecule has 3 rings (SSSR count). The molecule has 1 unspecified atom stereocenters. The second kappa shape index (κ2) is 7.13. The van der Waals surface area contributed by atoms with Crippen molar-refractivity contribution in [3.05, 3.63) is 70.9 Å². The van der Waals surface area contributed by atoms with E-state index in [1.165, 1.54) is 10.9 Å². The van der Waals surface area contributed by atoms with Gasteiger partial charge in [-0.3, -0.25) is 9.36 Å². The highest BCUT2D eigenvalue weighted by Crippen LogP contribution is 2.03. The Balaban J connectivity index is 1.60. The molecule has 23 heavy (non-hydrogen) atoms. The summed E-state index contributed by atoms with van der Waals surface area (Å²) in [7, 11) is 0. The molecule has 2 aromatic heterocycles. The van der Waals surface area contributed by atoms with Gasteiger partial charge in [-0.15, -0.1) is 0 Å². The van der Waals surface area contributed by atoms with E-state index in [0.29, 0.717) is 17.6 Å². The lowest BCUT2D eigenvalue weighted by Gasteiger charge is -2.13. The number of hydrogen-bond donors (Lipinski definition) is 1. The van der Waals surface area contributed by atoms with Crippen molar-refractivity contribution in [3.63, 3.8) is 0 Å². The molecule has 2 heterocycles. The molecule has 0 saturated carbocycles. The first kappa shape index (κ1) is 15.3. The Morgan fingerprint density at radius 3 is 2.78 bits per heavy atom. The number of aliphatic hydroxyl groups is 1. The number of benzene rings is 1. The van der Waals surface area contributed by atoms with Gasteiger partial charge >= 0.3 is 0 Å². The van der Waals surface area contributed by atoms with E-state index in [1.54, 1.807) is 18.3 Å². The van der Waals surface area contributed by atoms with Crippen molar-refractivity contribution < 1.29 is 9.84 Å². The molecule has 1 N–H and O–H groups in total. The van der Waals surface area contributed by atoms with Gasteiger partial charge in [0.25, 0.3) is 5.56 Å². The van der Waals surface area contributed by atoms with E-state index in [-0.39, 0.29) is 18.7 Å². The Bertz CT molecular complexity index is 833. The van der Waals surface area contributed by atoms with Gasteiger partial charge in [0.2, 0.25) is 0 Å². The van der Waals surface area contributed by atoms with Gasteiger partial charge < -0.3 is 9.84 Å².